The summed E-state index contributed by atoms with van der Waals surface area (Å²) in [6.45, 7) is 6.78. The van der Waals surface area contributed by atoms with Gasteiger partial charge in [0.2, 0.25) is 5.91 Å². The summed E-state index contributed by atoms with van der Waals surface area (Å²) >= 11 is 0. The molecule has 5 heteroatoms. The van der Waals surface area contributed by atoms with Crippen LogP contribution in [0.1, 0.15) is 59.3 Å². The molecule has 4 nitrogen and oxygen atoms in total. The summed E-state index contributed by atoms with van der Waals surface area (Å²) < 4.78 is 5.69. The van der Waals surface area contributed by atoms with Crippen molar-refractivity contribution in [1.29, 1.82) is 0 Å². The number of ether oxygens (including phenoxy) is 1. The van der Waals surface area contributed by atoms with E-state index in [4.69, 9.17) is 10.5 Å². The van der Waals surface area contributed by atoms with E-state index in [0.29, 0.717) is 19.1 Å². The molecule has 1 rings (SSSR count). The predicted molar refractivity (Wildman–Crippen MR) is 80.6 cm³/mol. The van der Waals surface area contributed by atoms with Gasteiger partial charge in [-0.1, -0.05) is 13.8 Å². The fourth-order valence-electron chi connectivity index (χ4n) is 2.25. The Morgan fingerprint density at radius 3 is 2.47 bits per heavy atom. The summed E-state index contributed by atoms with van der Waals surface area (Å²) in [6, 6.07) is 0. The van der Waals surface area contributed by atoms with Gasteiger partial charge < -0.3 is 15.8 Å². The summed E-state index contributed by atoms with van der Waals surface area (Å²) in [5.41, 5.74) is 5.89. The molecule has 1 aliphatic heterocycles. The summed E-state index contributed by atoms with van der Waals surface area (Å²) in [5.74, 6) is 0.0925. The molecular weight excluding hydrogens is 264 g/mol. The van der Waals surface area contributed by atoms with Gasteiger partial charge >= 0.3 is 0 Å². The molecule has 1 saturated heterocycles. The standard InChI is InChI=1S/C14H28N2O2.ClH/c1-4-14(15,5-2)10-16-13(17)9-8-12-7-6-11(3)18-12;/h11-12H,4-10,15H2,1-3H3,(H,16,17);1H. The highest BCUT2D eigenvalue weighted by Crippen LogP contribution is 2.22. The van der Waals surface area contributed by atoms with Crippen molar-refractivity contribution in [1.82, 2.24) is 5.32 Å². The molecule has 2 unspecified atom stereocenters. The lowest BCUT2D eigenvalue weighted by Crippen LogP contribution is -2.49. The highest BCUT2D eigenvalue weighted by Gasteiger charge is 2.23. The minimum absolute atomic E-state index is 0. The zero-order valence-electron chi connectivity index (χ0n) is 12.4. The molecule has 0 aromatic heterocycles. The van der Waals surface area contributed by atoms with Gasteiger partial charge in [-0.2, -0.15) is 0 Å². The van der Waals surface area contributed by atoms with Crippen LogP contribution in [0.15, 0.2) is 0 Å². The monoisotopic (exact) mass is 292 g/mol. The van der Waals surface area contributed by atoms with Gasteiger partial charge in [-0.25, -0.2) is 0 Å². The Balaban J connectivity index is 0.00000324. The molecule has 0 radical (unpaired) electrons. The van der Waals surface area contributed by atoms with Crippen LogP contribution in [-0.4, -0.2) is 30.2 Å². The van der Waals surface area contributed by atoms with Crippen molar-refractivity contribution in [2.75, 3.05) is 6.54 Å². The third-order valence-electron chi connectivity index (χ3n) is 4.06. The summed E-state index contributed by atoms with van der Waals surface area (Å²) in [7, 11) is 0. The van der Waals surface area contributed by atoms with E-state index < -0.39 is 0 Å². The normalized spacial score (nSPS) is 22.9. The van der Waals surface area contributed by atoms with Gasteiger partial charge in [-0.05, 0) is 39.0 Å². The first kappa shape index (κ1) is 18.7. The highest BCUT2D eigenvalue weighted by molar-refractivity contribution is 5.85. The minimum Gasteiger partial charge on any atom is -0.375 e. The molecule has 1 amide bonds. The van der Waals surface area contributed by atoms with Crippen molar-refractivity contribution < 1.29 is 9.53 Å². The van der Waals surface area contributed by atoms with Gasteiger partial charge in [-0.3, -0.25) is 4.79 Å². The van der Waals surface area contributed by atoms with Crippen LogP contribution >= 0.6 is 12.4 Å². The zero-order chi connectivity index (χ0) is 13.6. The predicted octanol–water partition coefficient (Wildman–Crippen LogP) is 2.39. The average molecular weight is 293 g/mol. The van der Waals surface area contributed by atoms with Gasteiger partial charge in [0.1, 0.15) is 0 Å². The average Bonchev–Trinajstić information content (AvgIpc) is 2.79. The number of hydrogen-bond acceptors (Lipinski definition) is 3. The maximum atomic E-state index is 11.7. The molecule has 0 aromatic rings. The second-order valence-electron chi connectivity index (χ2n) is 5.53. The molecule has 1 fully saturated rings. The van der Waals surface area contributed by atoms with Gasteiger partial charge in [0, 0.05) is 18.5 Å². The Kier molecular flexibility index (Phi) is 8.62. The Hall–Kier alpha value is -0.320. The highest BCUT2D eigenvalue weighted by atomic mass is 35.5. The van der Waals surface area contributed by atoms with E-state index in [9.17, 15) is 4.79 Å². The fourth-order valence-corrected chi connectivity index (χ4v) is 2.25. The summed E-state index contributed by atoms with van der Waals surface area (Å²) in [6.07, 6.45) is 5.95. The van der Waals surface area contributed by atoms with Crippen LogP contribution in [0.5, 0.6) is 0 Å². The smallest absolute Gasteiger partial charge is 0.220 e. The van der Waals surface area contributed by atoms with Gasteiger partial charge in [0.15, 0.2) is 0 Å². The van der Waals surface area contributed by atoms with E-state index in [1.165, 1.54) is 0 Å². The Morgan fingerprint density at radius 1 is 1.37 bits per heavy atom. The lowest BCUT2D eigenvalue weighted by Gasteiger charge is -2.26. The van der Waals surface area contributed by atoms with Crippen molar-refractivity contribution in [3.63, 3.8) is 0 Å². The minimum atomic E-state index is -0.256. The van der Waals surface area contributed by atoms with Crippen LogP contribution in [0.25, 0.3) is 0 Å². The molecule has 0 aromatic carbocycles. The van der Waals surface area contributed by atoms with Gasteiger partial charge in [-0.15, -0.1) is 12.4 Å². The van der Waals surface area contributed by atoms with Crippen molar-refractivity contribution in [2.24, 2.45) is 5.73 Å². The third-order valence-corrected chi connectivity index (χ3v) is 4.06. The van der Waals surface area contributed by atoms with Crippen LogP contribution in [0.3, 0.4) is 0 Å². The molecular formula is C14H29ClN2O2. The zero-order valence-corrected chi connectivity index (χ0v) is 13.2. The second-order valence-corrected chi connectivity index (χ2v) is 5.53. The number of nitrogens with two attached hydrogens (primary N) is 1. The van der Waals surface area contributed by atoms with E-state index in [1.54, 1.807) is 0 Å². The lowest BCUT2D eigenvalue weighted by atomic mass is 9.94. The van der Waals surface area contributed by atoms with Crippen LogP contribution in [0.2, 0.25) is 0 Å². The first-order valence-corrected chi connectivity index (χ1v) is 7.20. The number of nitrogens with one attached hydrogen (secondary N) is 1. The Morgan fingerprint density at radius 2 is 2.00 bits per heavy atom. The number of halogens is 1. The molecule has 0 spiro atoms. The van der Waals surface area contributed by atoms with E-state index in [0.717, 1.165) is 32.1 Å². The second kappa shape index (κ2) is 8.77. The van der Waals surface area contributed by atoms with E-state index >= 15 is 0 Å². The van der Waals surface area contributed by atoms with E-state index in [1.807, 2.05) is 0 Å². The van der Waals surface area contributed by atoms with Crippen LogP contribution in [-0.2, 0) is 9.53 Å². The quantitative estimate of drug-likeness (QED) is 0.757. The third kappa shape index (κ3) is 6.59. The molecule has 1 heterocycles. The van der Waals surface area contributed by atoms with Gasteiger partial charge in [0.05, 0.1) is 12.2 Å². The van der Waals surface area contributed by atoms with Crippen molar-refractivity contribution in [3.05, 3.63) is 0 Å². The first-order valence-electron chi connectivity index (χ1n) is 7.20. The molecule has 0 bridgehead atoms. The molecule has 3 N–H and O–H groups in total. The number of carbonyl (C=O) groups excluding carboxylic acids is 1. The molecule has 2 atom stereocenters. The lowest BCUT2D eigenvalue weighted by molar-refractivity contribution is -0.122. The van der Waals surface area contributed by atoms with Crippen LogP contribution in [0, 0.1) is 0 Å². The van der Waals surface area contributed by atoms with Crippen molar-refractivity contribution >= 4 is 18.3 Å². The molecule has 0 saturated carbocycles. The Labute approximate surface area is 123 Å². The summed E-state index contributed by atoms with van der Waals surface area (Å²) in [5, 5.41) is 2.94. The molecule has 1 aliphatic rings. The fraction of sp³-hybridized carbons (Fsp3) is 0.929. The molecule has 0 aliphatic carbocycles. The van der Waals surface area contributed by atoms with Crippen LogP contribution in [0.4, 0.5) is 0 Å². The number of amides is 1. The van der Waals surface area contributed by atoms with E-state index in [-0.39, 0.29) is 30.0 Å². The maximum Gasteiger partial charge on any atom is 0.220 e. The largest absolute Gasteiger partial charge is 0.375 e. The molecule has 19 heavy (non-hydrogen) atoms. The number of rotatable bonds is 7. The molecule has 114 valence electrons. The van der Waals surface area contributed by atoms with Gasteiger partial charge in [0.25, 0.3) is 0 Å². The Bertz CT molecular complexity index is 270. The summed E-state index contributed by atoms with van der Waals surface area (Å²) in [4.78, 5) is 11.7. The number of carbonyl (C=O) groups is 1. The number of hydrogen-bond donors (Lipinski definition) is 2. The maximum absolute atomic E-state index is 11.7. The SMILES string of the molecule is CCC(N)(CC)CNC(=O)CCC1CCC(C)O1.Cl. The first-order chi connectivity index (χ1) is 8.49. The van der Waals surface area contributed by atoms with Crippen LogP contribution < -0.4 is 11.1 Å². The van der Waals surface area contributed by atoms with E-state index in [2.05, 4.69) is 26.1 Å². The van der Waals surface area contributed by atoms with Crippen molar-refractivity contribution in [3.8, 4) is 0 Å². The topological polar surface area (TPSA) is 64.3 Å². The van der Waals surface area contributed by atoms with Crippen molar-refractivity contribution in [2.45, 2.75) is 77.0 Å².